The van der Waals surface area contributed by atoms with E-state index < -0.39 is 0 Å². The molecule has 5 heteroatoms. The summed E-state index contributed by atoms with van der Waals surface area (Å²) in [6.07, 6.45) is 0. The molecule has 1 aromatic heterocycles. The van der Waals surface area contributed by atoms with Crippen LogP contribution < -0.4 is 5.32 Å². The first kappa shape index (κ1) is 11.8. The van der Waals surface area contributed by atoms with E-state index in [9.17, 15) is 4.79 Å². The van der Waals surface area contributed by atoms with E-state index in [4.69, 9.17) is 0 Å². The quantitative estimate of drug-likeness (QED) is 0.755. The first-order valence-electron chi connectivity index (χ1n) is 6.70. The molecule has 3 aromatic rings. The first-order valence-corrected chi connectivity index (χ1v) is 6.70. The van der Waals surface area contributed by atoms with E-state index in [1.807, 2.05) is 48.5 Å². The van der Waals surface area contributed by atoms with E-state index in [-0.39, 0.29) is 5.91 Å². The number of imidazole rings is 1. The molecular formula is C16H12N4O. The second-order valence-corrected chi connectivity index (χ2v) is 4.87. The Bertz CT molecular complexity index is 846. The Labute approximate surface area is 120 Å². The summed E-state index contributed by atoms with van der Waals surface area (Å²) in [5, 5.41) is 2.81. The van der Waals surface area contributed by atoms with Gasteiger partial charge in [-0.2, -0.15) is 0 Å². The molecule has 0 bridgehead atoms. The van der Waals surface area contributed by atoms with Crippen molar-refractivity contribution in [2.75, 3.05) is 5.32 Å². The van der Waals surface area contributed by atoms with E-state index in [1.54, 1.807) is 0 Å². The highest BCUT2D eigenvalue weighted by Gasteiger charge is 2.24. The molecule has 2 heterocycles. The van der Waals surface area contributed by atoms with Crippen LogP contribution >= 0.6 is 0 Å². The molecule has 2 aromatic carbocycles. The summed E-state index contributed by atoms with van der Waals surface area (Å²) in [6, 6.07) is 15.4. The number of H-pyrrole nitrogens is 1. The van der Waals surface area contributed by atoms with Gasteiger partial charge in [0.25, 0.3) is 5.91 Å². The van der Waals surface area contributed by atoms with Gasteiger partial charge in [0.05, 0.1) is 23.3 Å². The number of hydrogen-bond donors (Lipinski definition) is 2. The summed E-state index contributed by atoms with van der Waals surface area (Å²) >= 11 is 0. The summed E-state index contributed by atoms with van der Waals surface area (Å²) in [7, 11) is 0. The summed E-state index contributed by atoms with van der Waals surface area (Å²) < 4.78 is 0. The van der Waals surface area contributed by atoms with Crippen molar-refractivity contribution in [2.45, 2.75) is 6.54 Å². The second kappa shape index (κ2) is 4.56. The molecule has 0 saturated carbocycles. The van der Waals surface area contributed by atoms with Gasteiger partial charge in [0.2, 0.25) is 0 Å². The number of hydrogen-bond acceptors (Lipinski definition) is 3. The minimum absolute atomic E-state index is 0.160. The van der Waals surface area contributed by atoms with Crippen LogP contribution in [0.2, 0.25) is 0 Å². The van der Waals surface area contributed by atoms with Crippen molar-refractivity contribution in [1.29, 1.82) is 0 Å². The van der Waals surface area contributed by atoms with Crippen molar-refractivity contribution in [3.05, 3.63) is 59.9 Å². The summed E-state index contributed by atoms with van der Waals surface area (Å²) in [5.74, 6) is 0.591. The fourth-order valence-corrected chi connectivity index (χ4v) is 2.49. The number of amides is 1. The standard InChI is InChI=1S/C16H12N4O/c21-16-15(10-5-1-2-6-11(10)20-16)17-9-14-18-12-7-3-4-8-13(12)19-14/h1-8H,9H2,(H,18,19)(H,17,20,21). The molecule has 1 aliphatic rings. The Kier molecular flexibility index (Phi) is 2.57. The number of fused-ring (bicyclic) bond motifs is 2. The van der Waals surface area contributed by atoms with E-state index >= 15 is 0 Å². The maximum atomic E-state index is 12.0. The smallest absolute Gasteiger partial charge is 0.274 e. The number of nitrogens with one attached hydrogen (secondary N) is 2. The minimum Gasteiger partial charge on any atom is -0.340 e. The molecule has 0 radical (unpaired) electrons. The van der Waals surface area contributed by atoms with Gasteiger partial charge in [0.15, 0.2) is 0 Å². The molecule has 5 nitrogen and oxygen atoms in total. The van der Waals surface area contributed by atoms with E-state index in [0.29, 0.717) is 12.3 Å². The Morgan fingerprint density at radius 1 is 1.05 bits per heavy atom. The lowest BCUT2D eigenvalue weighted by atomic mass is 10.1. The lowest BCUT2D eigenvalue weighted by Gasteiger charge is -1.96. The van der Waals surface area contributed by atoms with Gasteiger partial charge in [-0.15, -0.1) is 0 Å². The monoisotopic (exact) mass is 276 g/mol. The van der Waals surface area contributed by atoms with Crippen LogP contribution in [-0.2, 0) is 11.3 Å². The van der Waals surface area contributed by atoms with Crippen molar-refractivity contribution in [1.82, 2.24) is 9.97 Å². The average molecular weight is 276 g/mol. The molecule has 102 valence electrons. The fourth-order valence-electron chi connectivity index (χ4n) is 2.49. The van der Waals surface area contributed by atoms with Crippen LogP contribution in [0.25, 0.3) is 11.0 Å². The number of aliphatic imine (C=N–C) groups is 1. The van der Waals surface area contributed by atoms with Gasteiger partial charge in [-0.1, -0.05) is 30.3 Å². The van der Waals surface area contributed by atoms with Crippen molar-refractivity contribution < 1.29 is 4.79 Å². The third-order valence-electron chi connectivity index (χ3n) is 3.47. The third kappa shape index (κ3) is 1.99. The minimum atomic E-state index is -0.160. The molecular weight excluding hydrogens is 264 g/mol. The van der Waals surface area contributed by atoms with Crippen LogP contribution in [0, 0.1) is 0 Å². The van der Waals surface area contributed by atoms with Gasteiger partial charge in [0, 0.05) is 5.56 Å². The number of aromatic nitrogens is 2. The van der Waals surface area contributed by atoms with Crippen LogP contribution in [0.1, 0.15) is 11.4 Å². The lowest BCUT2D eigenvalue weighted by molar-refractivity contribution is -0.110. The number of aromatic amines is 1. The van der Waals surface area contributed by atoms with Crippen LogP contribution in [0.4, 0.5) is 5.69 Å². The lowest BCUT2D eigenvalue weighted by Crippen LogP contribution is -2.14. The largest absolute Gasteiger partial charge is 0.340 e. The maximum Gasteiger partial charge on any atom is 0.274 e. The number of carbonyl (C=O) groups is 1. The number of rotatable bonds is 2. The molecule has 1 aliphatic heterocycles. The summed E-state index contributed by atoms with van der Waals surface area (Å²) in [6.45, 7) is 0.353. The van der Waals surface area contributed by atoms with Crippen LogP contribution in [0.15, 0.2) is 53.5 Å². The summed E-state index contributed by atoms with van der Waals surface area (Å²) in [4.78, 5) is 24.0. The SMILES string of the molecule is O=C1Nc2ccccc2/C1=N\Cc1nc2ccccc2[nH]1. The molecule has 2 N–H and O–H groups in total. The van der Waals surface area contributed by atoms with Gasteiger partial charge in [-0.25, -0.2) is 4.98 Å². The van der Waals surface area contributed by atoms with Crippen molar-refractivity contribution in [3.8, 4) is 0 Å². The maximum absolute atomic E-state index is 12.0. The Balaban J connectivity index is 1.67. The molecule has 0 fully saturated rings. The van der Waals surface area contributed by atoms with Gasteiger partial charge in [-0.05, 0) is 18.2 Å². The zero-order valence-corrected chi connectivity index (χ0v) is 11.1. The normalized spacial score (nSPS) is 15.4. The molecule has 21 heavy (non-hydrogen) atoms. The van der Waals surface area contributed by atoms with Crippen molar-refractivity contribution in [2.24, 2.45) is 4.99 Å². The zero-order valence-electron chi connectivity index (χ0n) is 11.1. The highest BCUT2D eigenvalue weighted by atomic mass is 16.2. The topological polar surface area (TPSA) is 70.1 Å². The molecule has 1 amide bonds. The number of para-hydroxylation sites is 3. The Morgan fingerprint density at radius 2 is 1.86 bits per heavy atom. The molecule has 0 spiro atoms. The Hall–Kier alpha value is -2.95. The third-order valence-corrected chi connectivity index (χ3v) is 3.47. The fraction of sp³-hybridized carbons (Fsp3) is 0.0625. The molecule has 0 aliphatic carbocycles. The highest BCUT2D eigenvalue weighted by Crippen LogP contribution is 2.23. The predicted octanol–water partition coefficient (Wildman–Crippen LogP) is 2.50. The molecule has 0 atom stereocenters. The highest BCUT2D eigenvalue weighted by molar-refractivity contribution is 6.53. The van der Waals surface area contributed by atoms with Crippen molar-refractivity contribution >= 4 is 28.3 Å². The van der Waals surface area contributed by atoms with Gasteiger partial charge in [-0.3, -0.25) is 9.79 Å². The predicted molar refractivity (Wildman–Crippen MR) is 81.4 cm³/mol. The van der Waals surface area contributed by atoms with Crippen LogP contribution in [0.5, 0.6) is 0 Å². The number of carbonyl (C=O) groups excluding carboxylic acids is 1. The Morgan fingerprint density at radius 3 is 2.76 bits per heavy atom. The van der Waals surface area contributed by atoms with E-state index in [1.165, 1.54) is 0 Å². The van der Waals surface area contributed by atoms with E-state index in [2.05, 4.69) is 20.3 Å². The number of nitrogens with zero attached hydrogens (tertiary/aromatic N) is 2. The second-order valence-electron chi connectivity index (χ2n) is 4.87. The molecule has 0 saturated heterocycles. The first-order chi connectivity index (χ1) is 10.3. The molecule has 4 rings (SSSR count). The van der Waals surface area contributed by atoms with Gasteiger partial charge >= 0.3 is 0 Å². The van der Waals surface area contributed by atoms with E-state index in [0.717, 1.165) is 28.1 Å². The van der Waals surface area contributed by atoms with Gasteiger partial charge < -0.3 is 10.3 Å². The number of anilines is 1. The van der Waals surface area contributed by atoms with Gasteiger partial charge in [0.1, 0.15) is 11.5 Å². The number of benzene rings is 2. The zero-order chi connectivity index (χ0) is 14.2. The van der Waals surface area contributed by atoms with Crippen LogP contribution in [-0.4, -0.2) is 21.6 Å². The van der Waals surface area contributed by atoms with Crippen LogP contribution in [0.3, 0.4) is 0 Å². The summed E-state index contributed by atoms with van der Waals surface area (Å²) in [5.41, 5.74) is 4.00. The van der Waals surface area contributed by atoms with Crippen molar-refractivity contribution in [3.63, 3.8) is 0 Å². The average Bonchev–Trinajstić information content (AvgIpc) is 3.04. The molecule has 0 unspecified atom stereocenters.